The minimum absolute atomic E-state index is 0.256. The summed E-state index contributed by atoms with van der Waals surface area (Å²) in [6.45, 7) is 0. The number of hydrogen-bond acceptors (Lipinski definition) is 3. The molecule has 2 aromatic carbocycles. The highest BCUT2D eigenvalue weighted by Crippen LogP contribution is 2.39. The summed E-state index contributed by atoms with van der Waals surface area (Å²) >= 11 is 0. The molecular formula is C21H14FN3O3. The molecule has 0 unspecified atom stereocenters. The smallest absolute Gasteiger partial charge is 0.259 e. The van der Waals surface area contributed by atoms with Crippen LogP contribution in [0.4, 0.5) is 4.39 Å². The van der Waals surface area contributed by atoms with Gasteiger partial charge in [-0.2, -0.15) is 0 Å². The molecule has 138 valence electrons. The normalized spacial score (nSPS) is 14.4. The largest absolute Gasteiger partial charge is 0.495 e. The number of amides is 2. The summed E-state index contributed by atoms with van der Waals surface area (Å²) in [4.78, 5) is 31.4. The summed E-state index contributed by atoms with van der Waals surface area (Å²) < 4.78 is 18.9. The Morgan fingerprint density at radius 1 is 0.893 bits per heavy atom. The number of methoxy groups -OCH3 is 1. The van der Waals surface area contributed by atoms with E-state index in [0.717, 1.165) is 10.9 Å². The third-order valence-corrected chi connectivity index (χ3v) is 5.01. The summed E-state index contributed by atoms with van der Waals surface area (Å²) in [5, 5.41) is 3.81. The molecule has 2 aromatic heterocycles. The molecule has 28 heavy (non-hydrogen) atoms. The standard InChI is InChI=1S/C21H14FN3O3/c1-28-16-4-2-3-12-14(9-24-19(12)16)18-17(20(26)25-21(18)27)13-8-23-15-7-10(22)5-6-11(13)15/h2-9,23-24H,1H3,(H,25,26,27). The van der Waals surface area contributed by atoms with E-state index in [1.165, 1.54) is 12.1 Å². The average Bonchev–Trinajstić information content (AvgIpc) is 3.35. The van der Waals surface area contributed by atoms with Crippen LogP contribution in [0, 0.1) is 5.82 Å². The van der Waals surface area contributed by atoms with Crippen molar-refractivity contribution in [2.75, 3.05) is 7.11 Å². The van der Waals surface area contributed by atoms with Crippen molar-refractivity contribution in [3.05, 3.63) is 65.7 Å². The number of hydrogen-bond donors (Lipinski definition) is 3. The lowest BCUT2D eigenvalue weighted by Gasteiger charge is -2.04. The van der Waals surface area contributed by atoms with Crippen molar-refractivity contribution in [3.8, 4) is 5.75 Å². The maximum atomic E-state index is 13.5. The van der Waals surface area contributed by atoms with Crippen LogP contribution >= 0.6 is 0 Å². The molecule has 0 spiro atoms. The molecule has 0 saturated carbocycles. The fourth-order valence-corrected chi connectivity index (χ4v) is 3.78. The third-order valence-electron chi connectivity index (χ3n) is 5.01. The Hall–Kier alpha value is -3.87. The molecule has 0 saturated heterocycles. The molecule has 0 bridgehead atoms. The lowest BCUT2D eigenvalue weighted by atomic mass is 9.95. The minimum atomic E-state index is -0.484. The molecule has 6 nitrogen and oxygen atoms in total. The van der Waals surface area contributed by atoms with Gasteiger partial charge in [0.15, 0.2) is 0 Å². The number of fused-ring (bicyclic) bond motifs is 2. The van der Waals surface area contributed by atoms with Gasteiger partial charge >= 0.3 is 0 Å². The van der Waals surface area contributed by atoms with E-state index in [4.69, 9.17) is 4.74 Å². The van der Waals surface area contributed by atoms with E-state index in [2.05, 4.69) is 15.3 Å². The Labute approximate surface area is 158 Å². The zero-order valence-electron chi connectivity index (χ0n) is 14.7. The van der Waals surface area contributed by atoms with Crippen LogP contribution in [0.15, 0.2) is 48.8 Å². The topological polar surface area (TPSA) is 87.0 Å². The Balaban J connectivity index is 1.81. The predicted molar refractivity (Wildman–Crippen MR) is 103 cm³/mol. The van der Waals surface area contributed by atoms with E-state index in [1.54, 1.807) is 25.6 Å². The third kappa shape index (κ3) is 2.19. The van der Waals surface area contributed by atoms with E-state index < -0.39 is 11.8 Å². The fraction of sp³-hybridized carbons (Fsp3) is 0.0476. The average molecular weight is 375 g/mol. The Morgan fingerprint density at radius 2 is 1.61 bits per heavy atom. The molecule has 0 atom stereocenters. The predicted octanol–water partition coefficient (Wildman–Crippen LogP) is 3.36. The number of ether oxygens (including phenoxy) is 1. The summed E-state index contributed by atoms with van der Waals surface area (Å²) in [5.74, 6) is -0.702. The number of aromatic nitrogens is 2. The summed E-state index contributed by atoms with van der Waals surface area (Å²) in [6.07, 6.45) is 3.31. The number of halogens is 1. The van der Waals surface area contributed by atoms with Gasteiger partial charge in [-0.05, 0) is 24.3 Å². The molecule has 2 amide bonds. The van der Waals surface area contributed by atoms with Gasteiger partial charge in [-0.1, -0.05) is 12.1 Å². The highest BCUT2D eigenvalue weighted by Gasteiger charge is 2.34. The molecule has 0 radical (unpaired) electrons. The molecule has 0 fully saturated rings. The van der Waals surface area contributed by atoms with Crippen LogP contribution in [0.1, 0.15) is 11.1 Å². The second kappa shape index (κ2) is 5.82. The van der Waals surface area contributed by atoms with Gasteiger partial charge in [0.1, 0.15) is 11.6 Å². The summed E-state index contributed by atoms with van der Waals surface area (Å²) in [6, 6.07) is 9.76. The number of aromatic amines is 2. The maximum Gasteiger partial charge on any atom is 0.259 e. The molecule has 3 heterocycles. The number of imide groups is 1. The molecule has 7 heteroatoms. The van der Waals surface area contributed by atoms with Crippen LogP contribution in [0.25, 0.3) is 33.0 Å². The van der Waals surface area contributed by atoms with Gasteiger partial charge in [0.2, 0.25) is 0 Å². The number of benzene rings is 2. The second-order valence-corrected chi connectivity index (χ2v) is 6.51. The van der Waals surface area contributed by atoms with Crippen LogP contribution in [0.2, 0.25) is 0 Å². The van der Waals surface area contributed by atoms with Gasteiger partial charge in [-0.15, -0.1) is 0 Å². The van der Waals surface area contributed by atoms with Crippen molar-refractivity contribution in [1.82, 2.24) is 15.3 Å². The molecule has 0 aliphatic carbocycles. The van der Waals surface area contributed by atoms with E-state index >= 15 is 0 Å². The highest BCUT2D eigenvalue weighted by molar-refractivity contribution is 6.50. The number of rotatable bonds is 3. The number of para-hydroxylation sites is 1. The monoisotopic (exact) mass is 375 g/mol. The number of carbonyl (C=O) groups is 2. The van der Waals surface area contributed by atoms with Crippen molar-refractivity contribution in [1.29, 1.82) is 0 Å². The number of H-pyrrole nitrogens is 2. The fourth-order valence-electron chi connectivity index (χ4n) is 3.78. The first-order chi connectivity index (χ1) is 13.6. The van der Waals surface area contributed by atoms with Crippen molar-refractivity contribution in [2.24, 2.45) is 0 Å². The molecule has 4 aromatic rings. The van der Waals surface area contributed by atoms with Crippen molar-refractivity contribution in [3.63, 3.8) is 0 Å². The first-order valence-electron chi connectivity index (χ1n) is 8.60. The highest BCUT2D eigenvalue weighted by atomic mass is 19.1. The van der Waals surface area contributed by atoms with E-state index in [0.29, 0.717) is 27.8 Å². The van der Waals surface area contributed by atoms with Gasteiger partial charge in [0.05, 0.1) is 23.8 Å². The van der Waals surface area contributed by atoms with Gasteiger partial charge in [-0.3, -0.25) is 14.9 Å². The minimum Gasteiger partial charge on any atom is -0.495 e. The zero-order chi connectivity index (χ0) is 19.4. The van der Waals surface area contributed by atoms with Gasteiger partial charge < -0.3 is 14.7 Å². The molecular weight excluding hydrogens is 361 g/mol. The molecule has 1 aliphatic rings. The molecule has 1 aliphatic heterocycles. The first-order valence-corrected chi connectivity index (χ1v) is 8.60. The summed E-state index contributed by atoms with van der Waals surface area (Å²) in [7, 11) is 1.57. The Kier molecular flexibility index (Phi) is 3.39. The van der Waals surface area contributed by atoms with Crippen LogP contribution in [0.3, 0.4) is 0 Å². The molecule has 5 rings (SSSR count). The van der Waals surface area contributed by atoms with Gasteiger partial charge in [0, 0.05) is 39.8 Å². The number of carbonyl (C=O) groups excluding carboxylic acids is 2. The van der Waals surface area contributed by atoms with Gasteiger partial charge in [-0.25, -0.2) is 4.39 Å². The lowest BCUT2D eigenvalue weighted by molar-refractivity contribution is -0.122. The van der Waals surface area contributed by atoms with Crippen LogP contribution in [0.5, 0.6) is 5.75 Å². The van der Waals surface area contributed by atoms with Gasteiger partial charge in [0.25, 0.3) is 11.8 Å². The Bertz CT molecular complexity index is 1330. The summed E-state index contributed by atoms with van der Waals surface area (Å²) in [5.41, 5.74) is 2.96. The molecule has 3 N–H and O–H groups in total. The van der Waals surface area contributed by atoms with Crippen molar-refractivity contribution >= 4 is 44.8 Å². The lowest BCUT2D eigenvalue weighted by Crippen LogP contribution is -2.22. The maximum absolute atomic E-state index is 13.5. The van der Waals surface area contributed by atoms with Crippen LogP contribution in [-0.2, 0) is 9.59 Å². The van der Waals surface area contributed by atoms with Crippen molar-refractivity contribution < 1.29 is 18.7 Å². The second-order valence-electron chi connectivity index (χ2n) is 6.51. The van der Waals surface area contributed by atoms with Crippen LogP contribution in [-0.4, -0.2) is 28.9 Å². The SMILES string of the molecule is COc1cccc2c(C3=C(c4c[nH]c5cc(F)ccc45)C(=O)NC3=O)c[nH]c12. The Morgan fingerprint density at radius 3 is 2.36 bits per heavy atom. The van der Waals surface area contributed by atoms with E-state index in [-0.39, 0.29) is 17.0 Å². The van der Waals surface area contributed by atoms with E-state index in [9.17, 15) is 14.0 Å². The van der Waals surface area contributed by atoms with E-state index in [1.807, 2.05) is 18.2 Å². The van der Waals surface area contributed by atoms with Crippen molar-refractivity contribution in [2.45, 2.75) is 0 Å². The number of nitrogens with one attached hydrogen (secondary N) is 3. The zero-order valence-corrected chi connectivity index (χ0v) is 14.7. The van der Waals surface area contributed by atoms with Crippen LogP contribution < -0.4 is 10.1 Å². The quantitative estimate of drug-likeness (QED) is 0.480. The first kappa shape index (κ1) is 16.3.